The number of allylic oxidation sites excluding steroid dienone is 2. The first-order valence-electron chi connectivity index (χ1n) is 31.0. The van der Waals surface area contributed by atoms with Gasteiger partial charge < -0.3 is 50.0 Å². The maximum atomic E-state index is 15.1. The van der Waals surface area contributed by atoms with Crippen LogP contribution in [0.5, 0.6) is 0 Å². The normalized spacial score (nSPS) is 27.1. The molecule has 3 N–H and O–H groups in total. The summed E-state index contributed by atoms with van der Waals surface area (Å²) in [5, 5.41) is 17.6. The number of rotatable bonds is 15. The van der Waals surface area contributed by atoms with Crippen molar-refractivity contribution in [2.24, 2.45) is 53.3 Å². The Hall–Kier alpha value is -5.73. The number of carbonyl (C=O) groups is 11. The number of hydrogen-bond donors (Lipinski definition) is 3. The molecule has 0 bridgehead atoms. The zero-order valence-electron chi connectivity index (χ0n) is 56.5. The van der Waals surface area contributed by atoms with Crippen LogP contribution in [0, 0.1) is 53.3 Å². The molecule has 0 aromatic rings. The van der Waals surface area contributed by atoms with Crippen molar-refractivity contribution in [1.29, 1.82) is 0 Å². The Morgan fingerprint density at radius 1 is 0.494 bits per heavy atom. The van der Waals surface area contributed by atoms with Crippen LogP contribution in [0.4, 0.5) is 0 Å². The molecule has 0 unspecified atom stereocenters. The van der Waals surface area contributed by atoms with Gasteiger partial charge in [0, 0.05) is 74.0 Å². The molecular formula is C64H113N9O12. The van der Waals surface area contributed by atoms with Crippen LogP contribution < -0.4 is 10.6 Å². The van der Waals surface area contributed by atoms with Crippen LogP contribution in [0.25, 0.3) is 0 Å². The van der Waals surface area contributed by atoms with Gasteiger partial charge in [-0.3, -0.25) is 52.7 Å². The number of amides is 9. The molecule has 85 heavy (non-hydrogen) atoms. The van der Waals surface area contributed by atoms with Gasteiger partial charge in [0.1, 0.15) is 36.3 Å². The Morgan fingerprint density at radius 2 is 0.941 bits per heavy atom. The Bertz CT molecular complexity index is 2320. The number of aliphatic hydroxyl groups is 1. The van der Waals surface area contributed by atoms with E-state index in [4.69, 9.17) is 0 Å². The van der Waals surface area contributed by atoms with E-state index < -0.39 is 155 Å². The fourth-order valence-electron chi connectivity index (χ4n) is 11.2. The van der Waals surface area contributed by atoms with E-state index in [9.17, 15) is 48.3 Å². The van der Waals surface area contributed by atoms with Crippen LogP contribution in [0.2, 0.25) is 0 Å². The summed E-state index contributed by atoms with van der Waals surface area (Å²) >= 11 is 0. The summed E-state index contributed by atoms with van der Waals surface area (Å²) in [4.78, 5) is 169. The highest BCUT2D eigenvalue weighted by Gasteiger charge is 2.46. The minimum atomic E-state index is -1.60. The van der Waals surface area contributed by atoms with Crippen molar-refractivity contribution in [2.45, 2.75) is 224 Å². The van der Waals surface area contributed by atoms with Crippen molar-refractivity contribution in [2.75, 3.05) is 55.9 Å². The van der Waals surface area contributed by atoms with Gasteiger partial charge in [0.2, 0.25) is 53.2 Å². The summed E-state index contributed by atoms with van der Waals surface area (Å²) in [5.74, 6) is -10.4. The van der Waals surface area contributed by atoms with Gasteiger partial charge in [-0.1, -0.05) is 116 Å². The smallest absolute Gasteiger partial charge is 0.246 e. The first-order valence-corrected chi connectivity index (χ1v) is 31.0. The Balaban J connectivity index is 4.32. The summed E-state index contributed by atoms with van der Waals surface area (Å²) in [6, 6.07) is -9.50. The minimum absolute atomic E-state index is 0.0360. The molecule has 0 radical (unpaired) electrons. The second kappa shape index (κ2) is 35.2. The summed E-state index contributed by atoms with van der Waals surface area (Å²) in [7, 11) is 10.1. The zero-order chi connectivity index (χ0) is 66.0. The first-order chi connectivity index (χ1) is 39.2. The van der Waals surface area contributed by atoms with Crippen molar-refractivity contribution in [3.63, 3.8) is 0 Å². The van der Waals surface area contributed by atoms with E-state index in [1.54, 1.807) is 54.5 Å². The maximum Gasteiger partial charge on any atom is 0.246 e. The third-order valence-electron chi connectivity index (χ3n) is 16.7. The molecule has 0 aromatic carbocycles. The van der Waals surface area contributed by atoms with Gasteiger partial charge in [-0.25, -0.2) is 0 Å². The molecule has 21 nitrogen and oxygen atoms in total. The minimum Gasteiger partial charge on any atom is -0.390 e. The second-order valence-corrected chi connectivity index (χ2v) is 26.7. The molecule has 0 aliphatic carbocycles. The highest BCUT2D eigenvalue weighted by atomic mass is 16.3. The van der Waals surface area contributed by atoms with Crippen molar-refractivity contribution >= 4 is 64.7 Å². The molecule has 1 aliphatic rings. The third-order valence-corrected chi connectivity index (χ3v) is 16.7. The molecule has 1 rings (SSSR count). The number of ketones is 2. The highest BCUT2D eigenvalue weighted by Crippen LogP contribution is 2.28. The predicted octanol–water partition coefficient (Wildman–Crippen LogP) is 5.45. The van der Waals surface area contributed by atoms with Gasteiger partial charge in [-0.05, 0) is 93.8 Å². The van der Waals surface area contributed by atoms with Crippen LogP contribution in [-0.4, -0.2) is 214 Å². The summed E-state index contributed by atoms with van der Waals surface area (Å²) < 4.78 is 0. The zero-order valence-corrected chi connectivity index (χ0v) is 56.5. The molecule has 486 valence electrons. The number of likely N-dealkylation sites (N-methyl/N-ethyl adjacent to an activating group) is 7. The lowest BCUT2D eigenvalue weighted by molar-refractivity contribution is -0.157. The molecule has 1 saturated heterocycles. The van der Waals surface area contributed by atoms with Crippen LogP contribution >= 0.6 is 0 Å². The summed E-state index contributed by atoms with van der Waals surface area (Å²) in [5.41, 5.74) is 0. The molecule has 0 aromatic heterocycles. The van der Waals surface area contributed by atoms with E-state index in [-0.39, 0.29) is 68.6 Å². The molecular weight excluding hydrogens is 1090 g/mol. The third kappa shape index (κ3) is 21.9. The molecule has 1 heterocycles. The second-order valence-electron chi connectivity index (χ2n) is 26.7. The number of carbonyl (C=O) groups excluding carboxylic acids is 11. The summed E-state index contributed by atoms with van der Waals surface area (Å²) in [6.45, 7) is 29.9. The highest BCUT2D eigenvalue weighted by molar-refractivity contribution is 5.99. The molecule has 1 fully saturated rings. The predicted molar refractivity (Wildman–Crippen MR) is 331 cm³/mol. The number of hydrogen-bond acceptors (Lipinski definition) is 12. The Kier molecular flexibility index (Phi) is 32.0. The molecule has 21 heteroatoms. The quantitative estimate of drug-likeness (QED) is 0.173. The van der Waals surface area contributed by atoms with E-state index >= 15 is 9.59 Å². The van der Waals surface area contributed by atoms with Crippen molar-refractivity contribution < 1.29 is 57.8 Å². The first kappa shape index (κ1) is 77.3. The van der Waals surface area contributed by atoms with Gasteiger partial charge in [-0.2, -0.15) is 0 Å². The van der Waals surface area contributed by atoms with Crippen LogP contribution in [0.15, 0.2) is 12.2 Å². The van der Waals surface area contributed by atoms with Crippen molar-refractivity contribution in [1.82, 2.24) is 44.9 Å². The standard InChI is InChI=1S/C64H113N9O12/c1-25-27-28-42(15)56(77)55-58(79)66-46(26-2)61(82)67(18)35-53(76)68(19)47(29-36(3)4)52(75)34-45(40(11)12)60(81)69(20)48(30-37(5)6)57(78)65-44(17)51(74)33-43(16)59(80)70(21)49(31-38(7)8)62(83)71(22)50(32-39(9)10)63(84)72(23)54(41(13)14)64(85)73(55)24/h25,27,36-50,54-56,77H,26,28-35H2,1-24H3,(H,65,78)(H,66,79)/b27-25+/t42-,43+,44+,45+,46+,47+,48+,49+,50+,54+,55+,56-/m1/s1. The van der Waals surface area contributed by atoms with Gasteiger partial charge in [-0.15, -0.1) is 0 Å². The number of Topliss-reactive ketones (excluding diaryl/α,β-unsaturated/α-hetero) is 2. The lowest BCUT2D eigenvalue weighted by atomic mass is 9.85. The fraction of sp³-hybridized carbons (Fsp3) is 0.797. The SMILES string of the molecule is C/C=C/C[C@@H](C)[C@@H](O)[C@H]1C(=O)N[C@@H](CC)C(=O)N(C)CC(=O)N(C)[C@@H](CC(C)C)C(=O)C[C@@H](C(C)C)C(=O)N(C)[C@@H](CC(C)C)C(=O)N[C@@H](C)C(=O)C[C@H](C)C(=O)N(C)[C@@H](CC(C)C)C(=O)N(C)[C@@H](CC(C)C)C(=O)N(C)[C@@H](C(C)C)C(=O)N1C. The lowest BCUT2D eigenvalue weighted by Gasteiger charge is -2.41. The summed E-state index contributed by atoms with van der Waals surface area (Å²) in [6.07, 6.45) is 2.67. The van der Waals surface area contributed by atoms with E-state index in [1.807, 2.05) is 68.4 Å². The molecule has 12 atom stereocenters. The van der Waals surface area contributed by atoms with E-state index in [1.165, 1.54) is 80.8 Å². The van der Waals surface area contributed by atoms with E-state index in [2.05, 4.69) is 10.6 Å². The molecule has 0 saturated carbocycles. The average Bonchev–Trinajstić information content (AvgIpc) is 3.62. The van der Waals surface area contributed by atoms with E-state index in [0.29, 0.717) is 6.42 Å². The van der Waals surface area contributed by atoms with Crippen LogP contribution in [0.3, 0.4) is 0 Å². The molecule has 1 aliphatic heterocycles. The van der Waals surface area contributed by atoms with Crippen molar-refractivity contribution in [3.05, 3.63) is 12.2 Å². The maximum absolute atomic E-state index is 15.1. The Labute approximate surface area is 510 Å². The van der Waals surface area contributed by atoms with Gasteiger partial charge in [0.15, 0.2) is 11.6 Å². The topological polar surface area (TPSA) is 255 Å². The number of nitrogens with zero attached hydrogens (tertiary/aromatic N) is 7. The fourth-order valence-corrected chi connectivity index (χ4v) is 11.2. The van der Waals surface area contributed by atoms with Crippen LogP contribution in [-0.2, 0) is 52.7 Å². The Morgan fingerprint density at radius 3 is 1.40 bits per heavy atom. The largest absolute Gasteiger partial charge is 0.390 e. The molecule has 9 amide bonds. The van der Waals surface area contributed by atoms with Gasteiger partial charge in [0.05, 0.1) is 24.7 Å². The van der Waals surface area contributed by atoms with Gasteiger partial charge >= 0.3 is 0 Å². The van der Waals surface area contributed by atoms with E-state index in [0.717, 1.165) is 9.80 Å². The van der Waals surface area contributed by atoms with Gasteiger partial charge in [0.25, 0.3) is 0 Å². The molecule has 0 spiro atoms. The lowest BCUT2D eigenvalue weighted by Crippen LogP contribution is -2.63. The van der Waals surface area contributed by atoms with Crippen molar-refractivity contribution in [3.8, 4) is 0 Å². The van der Waals surface area contributed by atoms with Crippen LogP contribution in [0.1, 0.15) is 169 Å². The monoisotopic (exact) mass is 1200 g/mol. The average molecular weight is 1200 g/mol. The number of nitrogens with one attached hydrogen (secondary N) is 2. The number of aliphatic hydroxyl groups excluding tert-OH is 1.